The van der Waals surface area contributed by atoms with E-state index in [1.807, 2.05) is 0 Å². The molecule has 0 amide bonds. The third-order valence-electron chi connectivity index (χ3n) is 2.88. The predicted molar refractivity (Wildman–Crippen MR) is 53.7 cm³/mol. The van der Waals surface area contributed by atoms with Gasteiger partial charge in [-0.05, 0) is 43.4 Å². The highest BCUT2D eigenvalue weighted by atomic mass is 35.5. The van der Waals surface area contributed by atoms with Crippen molar-refractivity contribution in [3.8, 4) is 0 Å². The molecule has 1 saturated carbocycles. The van der Waals surface area contributed by atoms with Crippen molar-refractivity contribution in [2.75, 3.05) is 0 Å². The second-order valence-corrected chi connectivity index (χ2v) is 4.46. The first kappa shape index (κ1) is 9.94. The average Bonchev–Trinajstić information content (AvgIpc) is 2.92. The van der Waals surface area contributed by atoms with Crippen LogP contribution in [-0.2, 0) is 5.60 Å². The van der Waals surface area contributed by atoms with Crippen LogP contribution in [0.3, 0.4) is 0 Å². The zero-order valence-electron chi connectivity index (χ0n) is 7.93. The van der Waals surface area contributed by atoms with Gasteiger partial charge in [0, 0.05) is 0 Å². The number of rotatable bonds is 2. The maximum atomic E-state index is 12.9. The van der Waals surface area contributed by atoms with Gasteiger partial charge in [-0.1, -0.05) is 17.7 Å². The Morgan fingerprint density at radius 3 is 2.64 bits per heavy atom. The largest absolute Gasteiger partial charge is 0.385 e. The Morgan fingerprint density at radius 1 is 1.50 bits per heavy atom. The molecule has 1 atom stereocenters. The normalized spacial score (nSPS) is 20.6. The zero-order valence-corrected chi connectivity index (χ0v) is 8.68. The van der Waals surface area contributed by atoms with Crippen LogP contribution in [0.4, 0.5) is 4.39 Å². The fourth-order valence-electron chi connectivity index (χ4n) is 1.69. The van der Waals surface area contributed by atoms with Crippen molar-refractivity contribution in [2.45, 2.75) is 25.4 Å². The lowest BCUT2D eigenvalue weighted by atomic mass is 9.91. The van der Waals surface area contributed by atoms with Crippen LogP contribution in [0.2, 0.25) is 5.02 Å². The van der Waals surface area contributed by atoms with Crippen molar-refractivity contribution in [1.82, 2.24) is 0 Å². The highest BCUT2D eigenvalue weighted by Gasteiger charge is 2.41. The maximum absolute atomic E-state index is 12.9. The van der Waals surface area contributed by atoms with Crippen molar-refractivity contribution in [1.29, 1.82) is 0 Å². The summed E-state index contributed by atoms with van der Waals surface area (Å²) in [4.78, 5) is 0. The summed E-state index contributed by atoms with van der Waals surface area (Å²) >= 11 is 5.66. The van der Waals surface area contributed by atoms with E-state index in [-0.39, 0.29) is 5.02 Å². The van der Waals surface area contributed by atoms with Crippen LogP contribution in [0.15, 0.2) is 18.2 Å². The quantitative estimate of drug-likeness (QED) is 0.802. The molecule has 0 heterocycles. The second kappa shape index (κ2) is 3.21. The van der Waals surface area contributed by atoms with Crippen molar-refractivity contribution >= 4 is 11.6 Å². The molecule has 0 spiro atoms. The molecule has 1 N–H and O–H groups in total. The van der Waals surface area contributed by atoms with Crippen molar-refractivity contribution < 1.29 is 9.50 Å². The zero-order chi connectivity index (χ0) is 10.3. The molecule has 14 heavy (non-hydrogen) atoms. The Bertz CT molecular complexity index is 358. The van der Waals surface area contributed by atoms with Gasteiger partial charge in [0.1, 0.15) is 5.82 Å². The molecule has 0 unspecified atom stereocenters. The van der Waals surface area contributed by atoms with E-state index in [9.17, 15) is 9.50 Å². The van der Waals surface area contributed by atoms with Gasteiger partial charge in [-0.25, -0.2) is 4.39 Å². The minimum absolute atomic E-state index is 0.0726. The van der Waals surface area contributed by atoms with Crippen molar-refractivity contribution in [2.24, 2.45) is 5.92 Å². The third kappa shape index (κ3) is 1.64. The first-order valence-electron chi connectivity index (χ1n) is 4.69. The fourth-order valence-corrected chi connectivity index (χ4v) is 1.87. The number of benzene rings is 1. The van der Waals surface area contributed by atoms with Gasteiger partial charge < -0.3 is 5.11 Å². The van der Waals surface area contributed by atoms with E-state index in [1.54, 1.807) is 13.0 Å². The van der Waals surface area contributed by atoms with Gasteiger partial charge in [-0.2, -0.15) is 0 Å². The molecule has 1 aromatic rings. The Kier molecular flexibility index (Phi) is 2.28. The second-order valence-electron chi connectivity index (χ2n) is 4.05. The summed E-state index contributed by atoms with van der Waals surface area (Å²) in [6.45, 7) is 1.76. The summed E-state index contributed by atoms with van der Waals surface area (Å²) in [5, 5.41) is 10.2. The SMILES string of the molecule is C[C@](O)(c1ccc(F)c(Cl)c1)C1CC1. The van der Waals surface area contributed by atoms with Crippen molar-refractivity contribution in [3.05, 3.63) is 34.6 Å². The fraction of sp³-hybridized carbons (Fsp3) is 0.455. The lowest BCUT2D eigenvalue weighted by molar-refractivity contribution is 0.0330. The summed E-state index contributed by atoms with van der Waals surface area (Å²) in [6.07, 6.45) is 2.06. The number of aliphatic hydroxyl groups is 1. The average molecular weight is 215 g/mol. The first-order chi connectivity index (χ1) is 6.51. The molecule has 0 saturated heterocycles. The van der Waals surface area contributed by atoms with Crippen LogP contribution in [-0.4, -0.2) is 5.11 Å². The molecule has 2 rings (SSSR count). The van der Waals surface area contributed by atoms with Gasteiger partial charge in [-0.3, -0.25) is 0 Å². The van der Waals surface area contributed by atoms with E-state index in [0.29, 0.717) is 11.5 Å². The summed E-state index contributed by atoms with van der Waals surface area (Å²) in [5.41, 5.74) is -0.163. The molecular formula is C11H12ClFO. The summed E-state index contributed by atoms with van der Waals surface area (Å²) in [6, 6.07) is 4.41. The van der Waals surface area contributed by atoms with Crippen LogP contribution in [0, 0.1) is 11.7 Å². The van der Waals surface area contributed by atoms with Gasteiger partial charge in [0.25, 0.3) is 0 Å². The molecule has 1 aliphatic rings. The molecule has 3 heteroatoms. The summed E-state index contributed by atoms with van der Waals surface area (Å²) < 4.78 is 12.9. The molecule has 0 bridgehead atoms. The topological polar surface area (TPSA) is 20.2 Å². The molecule has 1 fully saturated rings. The Hall–Kier alpha value is -0.600. The number of hydrogen-bond donors (Lipinski definition) is 1. The molecule has 1 nitrogen and oxygen atoms in total. The van der Waals surface area contributed by atoms with Crippen LogP contribution in [0.5, 0.6) is 0 Å². The highest BCUT2D eigenvalue weighted by Crippen LogP contribution is 2.45. The molecule has 1 aliphatic carbocycles. The lowest BCUT2D eigenvalue weighted by Gasteiger charge is -2.23. The van der Waals surface area contributed by atoms with E-state index in [4.69, 9.17) is 11.6 Å². The Labute approximate surface area is 87.5 Å². The van der Waals surface area contributed by atoms with Gasteiger partial charge in [0.15, 0.2) is 0 Å². The van der Waals surface area contributed by atoms with E-state index in [0.717, 1.165) is 12.8 Å². The Morgan fingerprint density at radius 2 is 2.14 bits per heavy atom. The minimum atomic E-state index is -0.864. The van der Waals surface area contributed by atoms with Crippen LogP contribution in [0.25, 0.3) is 0 Å². The summed E-state index contributed by atoms with van der Waals surface area (Å²) in [7, 11) is 0. The highest BCUT2D eigenvalue weighted by molar-refractivity contribution is 6.30. The molecular weight excluding hydrogens is 203 g/mol. The molecule has 76 valence electrons. The van der Waals surface area contributed by atoms with Gasteiger partial charge in [-0.15, -0.1) is 0 Å². The van der Waals surface area contributed by atoms with E-state index in [1.165, 1.54) is 12.1 Å². The van der Waals surface area contributed by atoms with Gasteiger partial charge in [0.05, 0.1) is 10.6 Å². The maximum Gasteiger partial charge on any atom is 0.141 e. The predicted octanol–water partition coefficient (Wildman–Crippen LogP) is 3.10. The Balaban J connectivity index is 2.36. The molecule has 1 aromatic carbocycles. The molecule has 0 aliphatic heterocycles. The number of hydrogen-bond acceptors (Lipinski definition) is 1. The van der Waals surface area contributed by atoms with Crippen LogP contribution >= 0.6 is 11.6 Å². The first-order valence-corrected chi connectivity index (χ1v) is 5.07. The standard InChI is InChI=1S/C11H12ClFO/c1-11(14,7-2-3-7)8-4-5-10(13)9(12)6-8/h4-7,14H,2-3H2,1H3/t11-/m1/s1. The summed E-state index contributed by atoms with van der Waals surface area (Å²) in [5.74, 6) is -0.147. The van der Waals surface area contributed by atoms with Gasteiger partial charge >= 0.3 is 0 Å². The van der Waals surface area contributed by atoms with E-state index < -0.39 is 11.4 Å². The lowest BCUT2D eigenvalue weighted by Crippen LogP contribution is -2.23. The third-order valence-corrected chi connectivity index (χ3v) is 3.17. The van der Waals surface area contributed by atoms with Gasteiger partial charge in [0.2, 0.25) is 0 Å². The molecule has 0 radical (unpaired) electrons. The van der Waals surface area contributed by atoms with E-state index in [2.05, 4.69) is 0 Å². The smallest absolute Gasteiger partial charge is 0.141 e. The monoisotopic (exact) mass is 214 g/mol. The van der Waals surface area contributed by atoms with Crippen molar-refractivity contribution in [3.63, 3.8) is 0 Å². The molecule has 0 aromatic heterocycles. The number of halogens is 2. The van der Waals surface area contributed by atoms with Crippen LogP contribution < -0.4 is 0 Å². The minimum Gasteiger partial charge on any atom is -0.385 e. The van der Waals surface area contributed by atoms with Crippen LogP contribution in [0.1, 0.15) is 25.3 Å². The van der Waals surface area contributed by atoms with E-state index >= 15 is 0 Å².